The van der Waals surface area contributed by atoms with Crippen LogP contribution in [0.2, 0.25) is 0 Å². The molecule has 0 aliphatic heterocycles. The van der Waals surface area contributed by atoms with Gasteiger partial charge in [0.05, 0.1) is 23.0 Å². The number of hydrogen-bond acceptors (Lipinski definition) is 3. The molecule has 0 aliphatic rings. The first-order valence-corrected chi connectivity index (χ1v) is 10.5. The van der Waals surface area contributed by atoms with E-state index >= 15 is 0 Å². The van der Waals surface area contributed by atoms with Gasteiger partial charge in [-0.2, -0.15) is 13.2 Å². The molecule has 158 valence electrons. The number of hydrogen-bond donors (Lipinski definition) is 2. The van der Waals surface area contributed by atoms with E-state index in [0.29, 0.717) is 6.07 Å². The SMILES string of the molecule is CC(NC(=O)CNS(=O)(=O)c1cccc(C(F)(F)F)c1)c1cccc2ccccc12. The van der Waals surface area contributed by atoms with Gasteiger partial charge in [0.15, 0.2) is 0 Å². The predicted molar refractivity (Wildman–Crippen MR) is 107 cm³/mol. The van der Waals surface area contributed by atoms with E-state index in [-0.39, 0.29) is 0 Å². The Morgan fingerprint density at radius 3 is 2.40 bits per heavy atom. The van der Waals surface area contributed by atoms with Crippen LogP contribution in [0.1, 0.15) is 24.1 Å². The maximum Gasteiger partial charge on any atom is 0.416 e. The second-order valence-corrected chi connectivity index (χ2v) is 8.47. The third-order valence-corrected chi connectivity index (χ3v) is 5.96. The molecule has 0 spiro atoms. The van der Waals surface area contributed by atoms with Gasteiger partial charge in [0.1, 0.15) is 0 Å². The standard InChI is InChI=1S/C21H19F3N2O3S/c1-14(18-11-4-7-15-6-2-3-10-19(15)18)26-20(27)13-25-30(28,29)17-9-5-8-16(12-17)21(22,23)24/h2-12,14,25H,13H2,1H3,(H,26,27). The fourth-order valence-corrected chi connectivity index (χ4v) is 4.11. The average molecular weight is 436 g/mol. The maximum atomic E-state index is 12.8. The van der Waals surface area contributed by atoms with Gasteiger partial charge in [-0.15, -0.1) is 0 Å². The second-order valence-electron chi connectivity index (χ2n) is 6.71. The van der Waals surface area contributed by atoms with Crippen molar-refractivity contribution in [2.24, 2.45) is 0 Å². The van der Waals surface area contributed by atoms with Crippen molar-refractivity contribution in [3.8, 4) is 0 Å². The Morgan fingerprint density at radius 2 is 1.67 bits per heavy atom. The summed E-state index contributed by atoms with van der Waals surface area (Å²) < 4.78 is 65.0. The monoisotopic (exact) mass is 436 g/mol. The molecule has 2 N–H and O–H groups in total. The van der Waals surface area contributed by atoms with Gasteiger partial charge < -0.3 is 5.32 Å². The summed E-state index contributed by atoms with van der Waals surface area (Å²) in [6.07, 6.45) is -4.67. The van der Waals surface area contributed by atoms with E-state index in [2.05, 4.69) is 5.32 Å². The van der Waals surface area contributed by atoms with Crippen LogP contribution in [0, 0.1) is 0 Å². The molecule has 3 aromatic rings. The second kappa shape index (κ2) is 8.45. The first-order valence-electron chi connectivity index (χ1n) is 9.02. The molecule has 0 aliphatic carbocycles. The van der Waals surface area contributed by atoms with Gasteiger partial charge in [-0.3, -0.25) is 4.79 Å². The number of alkyl halides is 3. The van der Waals surface area contributed by atoms with Crippen molar-refractivity contribution in [2.45, 2.75) is 24.0 Å². The van der Waals surface area contributed by atoms with E-state index in [4.69, 9.17) is 0 Å². The molecule has 3 aromatic carbocycles. The zero-order valence-electron chi connectivity index (χ0n) is 15.9. The minimum Gasteiger partial charge on any atom is -0.348 e. The molecular weight excluding hydrogens is 417 g/mol. The first-order chi connectivity index (χ1) is 14.1. The minimum absolute atomic E-state index is 0.401. The molecule has 30 heavy (non-hydrogen) atoms. The minimum atomic E-state index is -4.67. The maximum absolute atomic E-state index is 12.8. The van der Waals surface area contributed by atoms with Crippen LogP contribution in [0.3, 0.4) is 0 Å². The van der Waals surface area contributed by atoms with Crippen molar-refractivity contribution in [1.82, 2.24) is 10.0 Å². The van der Waals surface area contributed by atoms with Crippen LogP contribution in [-0.2, 0) is 21.0 Å². The Balaban J connectivity index is 1.68. The smallest absolute Gasteiger partial charge is 0.348 e. The lowest BCUT2D eigenvalue weighted by Crippen LogP contribution is -2.38. The van der Waals surface area contributed by atoms with Gasteiger partial charge in [-0.25, -0.2) is 13.1 Å². The third-order valence-electron chi connectivity index (χ3n) is 4.56. The van der Waals surface area contributed by atoms with Gasteiger partial charge in [-0.1, -0.05) is 48.5 Å². The number of sulfonamides is 1. The third kappa shape index (κ3) is 4.98. The number of amides is 1. The normalized spacial score (nSPS) is 13.2. The van der Waals surface area contributed by atoms with Gasteiger partial charge in [0.25, 0.3) is 0 Å². The van der Waals surface area contributed by atoms with Crippen LogP contribution in [-0.4, -0.2) is 20.9 Å². The summed E-state index contributed by atoms with van der Waals surface area (Å²) in [5.74, 6) is -0.606. The van der Waals surface area contributed by atoms with Crippen molar-refractivity contribution in [1.29, 1.82) is 0 Å². The lowest BCUT2D eigenvalue weighted by Gasteiger charge is -2.17. The number of benzene rings is 3. The molecule has 0 saturated heterocycles. The quantitative estimate of drug-likeness (QED) is 0.613. The summed E-state index contributed by atoms with van der Waals surface area (Å²) in [7, 11) is -4.28. The van der Waals surface area contributed by atoms with Crippen molar-refractivity contribution in [3.63, 3.8) is 0 Å². The number of rotatable bonds is 6. The Labute approximate surface area is 172 Å². The molecule has 0 radical (unpaired) electrons. The molecule has 1 amide bonds. The van der Waals surface area contributed by atoms with Gasteiger partial charge >= 0.3 is 6.18 Å². The summed E-state index contributed by atoms with van der Waals surface area (Å²) >= 11 is 0. The molecule has 1 atom stereocenters. The predicted octanol–water partition coefficient (Wildman–Crippen LogP) is 4.01. The molecule has 0 fully saturated rings. The van der Waals surface area contributed by atoms with E-state index in [1.54, 1.807) is 6.92 Å². The molecular formula is C21H19F3N2O3S. The highest BCUT2D eigenvalue weighted by molar-refractivity contribution is 7.89. The van der Waals surface area contributed by atoms with E-state index in [1.165, 1.54) is 0 Å². The molecule has 5 nitrogen and oxygen atoms in total. The highest BCUT2D eigenvalue weighted by atomic mass is 32.2. The first kappa shape index (κ1) is 21.8. The Kier molecular flexibility index (Phi) is 6.14. The van der Waals surface area contributed by atoms with Crippen LogP contribution >= 0.6 is 0 Å². The van der Waals surface area contributed by atoms with Crippen molar-refractivity contribution in [3.05, 3.63) is 77.9 Å². The van der Waals surface area contributed by atoms with E-state index in [0.717, 1.165) is 34.5 Å². The summed E-state index contributed by atoms with van der Waals surface area (Å²) in [5.41, 5.74) is -0.221. The lowest BCUT2D eigenvalue weighted by atomic mass is 10.00. The van der Waals surface area contributed by atoms with Crippen LogP contribution < -0.4 is 10.0 Å². The van der Waals surface area contributed by atoms with Crippen LogP contribution in [0.25, 0.3) is 10.8 Å². The highest BCUT2D eigenvalue weighted by Gasteiger charge is 2.31. The highest BCUT2D eigenvalue weighted by Crippen LogP contribution is 2.30. The number of carbonyl (C=O) groups is 1. The summed E-state index contributed by atoms with van der Waals surface area (Å²) in [5, 5.41) is 4.66. The molecule has 1 unspecified atom stereocenters. The van der Waals surface area contributed by atoms with Crippen molar-refractivity contribution in [2.75, 3.05) is 6.54 Å². The Hall–Kier alpha value is -2.91. The van der Waals surface area contributed by atoms with Gasteiger partial charge in [0.2, 0.25) is 15.9 Å². The molecule has 3 rings (SSSR count). The number of halogens is 3. The van der Waals surface area contributed by atoms with Crippen LogP contribution in [0.15, 0.2) is 71.6 Å². The zero-order chi connectivity index (χ0) is 21.9. The number of carbonyl (C=O) groups excluding carboxylic acids is 1. The van der Waals surface area contributed by atoms with Crippen molar-refractivity contribution >= 4 is 26.7 Å². The Morgan fingerprint density at radius 1 is 1.00 bits per heavy atom. The molecule has 0 aromatic heterocycles. The largest absolute Gasteiger partial charge is 0.416 e. The number of nitrogens with one attached hydrogen (secondary N) is 2. The molecule has 0 heterocycles. The van der Waals surface area contributed by atoms with E-state index < -0.39 is 45.2 Å². The summed E-state index contributed by atoms with van der Waals surface area (Å²) in [6, 6.07) is 16.2. The van der Waals surface area contributed by atoms with Gasteiger partial charge in [-0.05, 0) is 41.5 Å². The fourth-order valence-electron chi connectivity index (χ4n) is 3.08. The number of fused-ring (bicyclic) bond motifs is 1. The van der Waals surface area contributed by atoms with E-state index in [9.17, 15) is 26.4 Å². The zero-order valence-corrected chi connectivity index (χ0v) is 16.7. The summed E-state index contributed by atoms with van der Waals surface area (Å²) in [4.78, 5) is 11.7. The van der Waals surface area contributed by atoms with Gasteiger partial charge in [0, 0.05) is 0 Å². The van der Waals surface area contributed by atoms with Crippen molar-refractivity contribution < 1.29 is 26.4 Å². The van der Waals surface area contributed by atoms with E-state index in [1.807, 2.05) is 47.2 Å². The molecule has 9 heteroatoms. The summed E-state index contributed by atoms with van der Waals surface area (Å²) in [6.45, 7) is 1.16. The average Bonchev–Trinajstić information content (AvgIpc) is 2.71. The Bertz CT molecular complexity index is 1170. The topological polar surface area (TPSA) is 75.3 Å². The molecule has 0 bridgehead atoms. The molecule has 0 saturated carbocycles. The van der Waals surface area contributed by atoms with Crippen LogP contribution in [0.5, 0.6) is 0 Å². The van der Waals surface area contributed by atoms with Crippen LogP contribution in [0.4, 0.5) is 13.2 Å². The fraction of sp³-hybridized carbons (Fsp3) is 0.190. The lowest BCUT2D eigenvalue weighted by molar-refractivity contribution is -0.137.